The average Bonchev–Trinajstić information content (AvgIpc) is 3.09. The van der Waals surface area contributed by atoms with E-state index in [0.717, 1.165) is 18.5 Å². The van der Waals surface area contributed by atoms with E-state index in [9.17, 15) is 18.8 Å². The highest BCUT2D eigenvalue weighted by Gasteiger charge is 2.34. The molecule has 4 rings (SSSR count). The van der Waals surface area contributed by atoms with E-state index in [1.165, 1.54) is 25.3 Å². The SMILES string of the molecule is COc1cc(CC(=O)c2cccc(C(F)F)n2)cn2cc([C@@H]3CC[C@H]3C#N)nc12. The van der Waals surface area contributed by atoms with Crippen molar-refractivity contribution in [3.63, 3.8) is 0 Å². The monoisotopic (exact) mass is 396 g/mol. The standard InChI is InChI=1S/C21H18F2N4O2/c1-29-19-8-12(7-18(28)15-3-2-4-16(25-15)20(22)23)10-27-11-17(26-21(19)27)14-6-5-13(14)9-24/h2-4,8,10-11,13-14,20H,5-7H2,1H3/t13-,14+/m0/s1. The molecule has 3 heterocycles. The van der Waals surface area contributed by atoms with Crippen LogP contribution in [0.25, 0.3) is 5.65 Å². The van der Waals surface area contributed by atoms with E-state index < -0.39 is 12.1 Å². The van der Waals surface area contributed by atoms with E-state index in [-0.39, 0.29) is 29.7 Å². The van der Waals surface area contributed by atoms with Crippen molar-refractivity contribution in [1.29, 1.82) is 5.26 Å². The minimum absolute atomic E-state index is 0.000450. The van der Waals surface area contributed by atoms with Crippen molar-refractivity contribution in [2.75, 3.05) is 7.11 Å². The molecular formula is C21H18F2N4O2. The summed E-state index contributed by atoms with van der Waals surface area (Å²) in [5, 5.41) is 9.20. The van der Waals surface area contributed by atoms with Gasteiger partial charge in [0.25, 0.3) is 6.43 Å². The Labute approximate surface area is 165 Å². The van der Waals surface area contributed by atoms with Crippen molar-refractivity contribution >= 4 is 11.4 Å². The number of imidazole rings is 1. The fourth-order valence-corrected chi connectivity index (χ4v) is 3.58. The normalized spacial score (nSPS) is 18.4. The molecule has 0 bridgehead atoms. The third-order valence-electron chi connectivity index (χ3n) is 5.28. The first kappa shape index (κ1) is 19.0. The van der Waals surface area contributed by atoms with Gasteiger partial charge in [0, 0.05) is 24.7 Å². The number of Topliss-reactive ketones (excluding diaryl/α,β-unsaturated/α-hetero) is 1. The highest BCUT2D eigenvalue weighted by molar-refractivity contribution is 5.95. The molecule has 0 N–H and O–H groups in total. The predicted molar refractivity (Wildman–Crippen MR) is 100 cm³/mol. The molecule has 1 saturated carbocycles. The number of fused-ring (bicyclic) bond motifs is 1. The number of carbonyl (C=O) groups is 1. The number of rotatable bonds is 6. The molecule has 3 aromatic heterocycles. The maximum Gasteiger partial charge on any atom is 0.280 e. The molecule has 0 unspecified atom stereocenters. The van der Waals surface area contributed by atoms with Crippen molar-refractivity contribution in [2.24, 2.45) is 5.92 Å². The lowest BCUT2D eigenvalue weighted by Gasteiger charge is -2.29. The van der Waals surface area contributed by atoms with Gasteiger partial charge in [-0.3, -0.25) is 4.79 Å². The number of nitrogens with zero attached hydrogens (tertiary/aromatic N) is 4. The molecule has 0 radical (unpaired) electrons. The third-order valence-corrected chi connectivity index (χ3v) is 5.28. The fraction of sp³-hybridized carbons (Fsp3) is 0.333. The summed E-state index contributed by atoms with van der Waals surface area (Å²) in [6.07, 6.45) is 2.67. The molecule has 0 amide bonds. The zero-order chi connectivity index (χ0) is 20.5. The van der Waals surface area contributed by atoms with Crippen LogP contribution in [0.3, 0.4) is 0 Å². The number of nitriles is 1. The van der Waals surface area contributed by atoms with E-state index in [0.29, 0.717) is 17.0 Å². The second-order valence-electron chi connectivity index (χ2n) is 7.08. The van der Waals surface area contributed by atoms with Crippen LogP contribution in [0.15, 0.2) is 36.7 Å². The molecule has 1 fully saturated rings. The maximum absolute atomic E-state index is 12.8. The first-order valence-electron chi connectivity index (χ1n) is 9.23. The first-order chi connectivity index (χ1) is 14.0. The second-order valence-corrected chi connectivity index (χ2v) is 7.08. The summed E-state index contributed by atoms with van der Waals surface area (Å²) in [4.78, 5) is 20.9. The molecule has 2 atom stereocenters. The predicted octanol–water partition coefficient (Wildman–Crippen LogP) is 4.12. The van der Waals surface area contributed by atoms with Crippen LogP contribution in [0.5, 0.6) is 5.75 Å². The smallest absolute Gasteiger partial charge is 0.280 e. The number of alkyl halides is 2. The van der Waals surface area contributed by atoms with Gasteiger partial charge in [0.15, 0.2) is 17.2 Å². The first-order valence-corrected chi connectivity index (χ1v) is 9.23. The van der Waals surface area contributed by atoms with Gasteiger partial charge < -0.3 is 9.14 Å². The topological polar surface area (TPSA) is 80.3 Å². The van der Waals surface area contributed by atoms with Crippen LogP contribution in [0.1, 0.15) is 52.6 Å². The van der Waals surface area contributed by atoms with E-state index in [1.54, 1.807) is 16.7 Å². The van der Waals surface area contributed by atoms with Gasteiger partial charge in [0.2, 0.25) is 0 Å². The number of hydrogen-bond donors (Lipinski definition) is 0. The van der Waals surface area contributed by atoms with Gasteiger partial charge in [-0.2, -0.15) is 5.26 Å². The minimum Gasteiger partial charge on any atom is -0.493 e. The molecule has 148 valence electrons. The fourth-order valence-electron chi connectivity index (χ4n) is 3.58. The lowest BCUT2D eigenvalue weighted by atomic mass is 9.73. The lowest BCUT2D eigenvalue weighted by molar-refractivity contribution is 0.0986. The van der Waals surface area contributed by atoms with Gasteiger partial charge in [0.1, 0.15) is 11.4 Å². The minimum atomic E-state index is -2.73. The molecule has 3 aromatic rings. The summed E-state index contributed by atoms with van der Waals surface area (Å²) in [7, 11) is 1.52. The lowest BCUT2D eigenvalue weighted by Crippen LogP contribution is -2.22. The van der Waals surface area contributed by atoms with Crippen LogP contribution in [0.4, 0.5) is 8.78 Å². The van der Waals surface area contributed by atoms with Gasteiger partial charge in [0.05, 0.1) is 24.8 Å². The van der Waals surface area contributed by atoms with E-state index >= 15 is 0 Å². The number of ketones is 1. The third kappa shape index (κ3) is 3.56. The number of methoxy groups -OCH3 is 1. The summed E-state index contributed by atoms with van der Waals surface area (Å²) in [6, 6.07) is 8.04. The molecule has 0 aliphatic heterocycles. The molecule has 1 aliphatic carbocycles. The Morgan fingerprint density at radius 1 is 1.34 bits per heavy atom. The van der Waals surface area contributed by atoms with Crippen LogP contribution in [-0.4, -0.2) is 27.3 Å². The quantitative estimate of drug-likeness (QED) is 0.586. The number of pyridine rings is 2. The number of ether oxygens (including phenoxy) is 1. The van der Waals surface area contributed by atoms with Crippen LogP contribution >= 0.6 is 0 Å². The van der Waals surface area contributed by atoms with Crippen LogP contribution in [0, 0.1) is 17.2 Å². The van der Waals surface area contributed by atoms with Crippen LogP contribution < -0.4 is 4.74 Å². The van der Waals surface area contributed by atoms with Crippen molar-refractivity contribution in [3.05, 3.63) is 59.3 Å². The highest BCUT2D eigenvalue weighted by atomic mass is 19.3. The van der Waals surface area contributed by atoms with E-state index in [2.05, 4.69) is 16.0 Å². The zero-order valence-corrected chi connectivity index (χ0v) is 15.7. The van der Waals surface area contributed by atoms with Crippen molar-refractivity contribution in [2.45, 2.75) is 31.6 Å². The van der Waals surface area contributed by atoms with Crippen LogP contribution in [-0.2, 0) is 6.42 Å². The molecule has 29 heavy (non-hydrogen) atoms. The molecular weight excluding hydrogens is 378 g/mol. The molecule has 0 spiro atoms. The van der Waals surface area contributed by atoms with Gasteiger partial charge in [-0.25, -0.2) is 18.7 Å². The Hall–Kier alpha value is -3.34. The highest BCUT2D eigenvalue weighted by Crippen LogP contribution is 2.42. The summed E-state index contributed by atoms with van der Waals surface area (Å²) in [6.45, 7) is 0. The molecule has 0 saturated heterocycles. The van der Waals surface area contributed by atoms with Gasteiger partial charge in [-0.05, 0) is 36.6 Å². The van der Waals surface area contributed by atoms with Crippen molar-refractivity contribution in [1.82, 2.24) is 14.4 Å². The number of halogens is 2. The Balaban J connectivity index is 1.63. The Morgan fingerprint density at radius 3 is 2.83 bits per heavy atom. The Kier molecular flexibility index (Phi) is 4.97. The van der Waals surface area contributed by atoms with Gasteiger partial charge in [-0.1, -0.05) is 6.07 Å². The second kappa shape index (κ2) is 7.59. The number of carbonyl (C=O) groups excluding carboxylic acids is 1. The van der Waals surface area contributed by atoms with E-state index in [4.69, 9.17) is 4.74 Å². The van der Waals surface area contributed by atoms with Crippen molar-refractivity contribution in [3.8, 4) is 11.8 Å². The summed E-state index contributed by atoms with van der Waals surface area (Å²) < 4.78 is 32.9. The molecule has 8 heteroatoms. The van der Waals surface area contributed by atoms with Gasteiger partial charge >= 0.3 is 0 Å². The summed E-state index contributed by atoms with van der Waals surface area (Å²) in [5.41, 5.74) is 1.67. The van der Waals surface area contributed by atoms with Gasteiger partial charge in [-0.15, -0.1) is 0 Å². The largest absolute Gasteiger partial charge is 0.493 e. The summed E-state index contributed by atoms with van der Waals surface area (Å²) >= 11 is 0. The number of hydrogen-bond acceptors (Lipinski definition) is 5. The van der Waals surface area contributed by atoms with Crippen molar-refractivity contribution < 1.29 is 18.3 Å². The molecule has 1 aliphatic rings. The zero-order valence-electron chi connectivity index (χ0n) is 15.7. The Bertz CT molecular complexity index is 1120. The number of aromatic nitrogens is 3. The summed E-state index contributed by atoms with van der Waals surface area (Å²) in [5.74, 6) is 0.220. The van der Waals surface area contributed by atoms with Crippen LogP contribution in [0.2, 0.25) is 0 Å². The van der Waals surface area contributed by atoms with E-state index in [1.807, 2.05) is 6.20 Å². The average molecular weight is 396 g/mol. The molecule has 6 nitrogen and oxygen atoms in total. The Morgan fingerprint density at radius 2 is 2.17 bits per heavy atom. The maximum atomic E-state index is 12.8. The molecule has 0 aromatic carbocycles.